The molecule has 0 heterocycles. The van der Waals surface area contributed by atoms with Crippen molar-refractivity contribution in [3.63, 3.8) is 0 Å². The van der Waals surface area contributed by atoms with Crippen molar-refractivity contribution in [2.75, 3.05) is 0 Å². The number of hydrogen-bond donors (Lipinski definition) is 6. The Morgan fingerprint density at radius 2 is 1.60 bits per heavy atom. The molecule has 0 aromatic carbocycles. The van der Waals surface area contributed by atoms with Gasteiger partial charge in [-0.2, -0.15) is 0 Å². The summed E-state index contributed by atoms with van der Waals surface area (Å²) in [6.45, 7) is 4.58. The molecule has 3 fully saturated rings. The third kappa shape index (κ3) is 7.52. The molecule has 3 saturated carbocycles. The van der Waals surface area contributed by atoms with Crippen LogP contribution in [0, 0.1) is 11.3 Å². The van der Waals surface area contributed by atoms with Crippen molar-refractivity contribution < 1.29 is 29.7 Å². The van der Waals surface area contributed by atoms with Crippen molar-refractivity contribution in [1.82, 2.24) is 5.32 Å². The zero-order chi connectivity index (χ0) is 23.1. The van der Waals surface area contributed by atoms with Crippen LogP contribution in [0.5, 0.6) is 0 Å². The number of carbonyl (C=O) groups is 3. The summed E-state index contributed by atoms with van der Waals surface area (Å²) in [5.41, 5.74) is 9.23. The van der Waals surface area contributed by atoms with Crippen molar-refractivity contribution in [3.8, 4) is 0 Å². The standard InChI is InChI=1S/C9H17NO2.C8H13NO2.C4H9NO2/c1-7(9(11)12)10-8-5-3-2-4-6-8;9-6-3-5-1-2-8(6,4-5)7(10)11;1-4(2,5)3(6)7/h7-8,10H,2-6H2,1H3,(H,11,12);5-6H,1-4,9H2,(H,10,11);5H2,1-2H3,(H,6,7)/t7-;;/m0../s1. The Hall–Kier alpha value is -1.71. The maximum Gasteiger partial charge on any atom is 0.323 e. The molecule has 3 aliphatic rings. The third-order valence-corrected chi connectivity index (χ3v) is 6.39. The van der Waals surface area contributed by atoms with Gasteiger partial charge in [-0.25, -0.2) is 0 Å². The Balaban J connectivity index is 0.000000234. The van der Waals surface area contributed by atoms with E-state index in [0.717, 1.165) is 38.5 Å². The Bertz CT molecular complexity index is 600. The third-order valence-electron chi connectivity index (χ3n) is 6.39. The highest BCUT2D eigenvalue weighted by atomic mass is 16.4. The molecule has 9 nitrogen and oxygen atoms in total. The molecule has 3 aliphatic carbocycles. The number of hydrogen-bond acceptors (Lipinski definition) is 6. The fraction of sp³-hybridized carbons (Fsp3) is 0.857. The first-order valence-corrected chi connectivity index (χ1v) is 10.8. The number of fused-ring (bicyclic) bond motifs is 2. The number of aliphatic carboxylic acids is 3. The lowest BCUT2D eigenvalue weighted by Gasteiger charge is -2.27. The monoisotopic (exact) mass is 429 g/mol. The van der Waals surface area contributed by atoms with Crippen LogP contribution in [-0.4, -0.2) is 56.9 Å². The number of carboxylic acid groups (broad SMARTS) is 3. The summed E-state index contributed by atoms with van der Waals surface area (Å²) in [5, 5.41) is 28.9. The van der Waals surface area contributed by atoms with Crippen molar-refractivity contribution in [3.05, 3.63) is 0 Å². The number of nitrogens with two attached hydrogens (primary N) is 2. The highest BCUT2D eigenvalue weighted by molar-refractivity contribution is 5.77. The van der Waals surface area contributed by atoms with E-state index in [9.17, 15) is 14.4 Å². The lowest BCUT2D eigenvalue weighted by atomic mass is 9.80. The minimum atomic E-state index is -1.08. The molecule has 0 spiro atoms. The highest BCUT2D eigenvalue weighted by Crippen LogP contribution is 2.53. The molecule has 174 valence electrons. The van der Waals surface area contributed by atoms with Gasteiger partial charge in [-0.3, -0.25) is 14.4 Å². The van der Waals surface area contributed by atoms with E-state index in [1.54, 1.807) is 6.92 Å². The van der Waals surface area contributed by atoms with Crippen LogP contribution < -0.4 is 16.8 Å². The van der Waals surface area contributed by atoms with Gasteiger partial charge in [0, 0.05) is 12.1 Å². The lowest BCUT2D eigenvalue weighted by molar-refractivity contribution is -0.149. The summed E-state index contributed by atoms with van der Waals surface area (Å²) in [5.74, 6) is -1.81. The van der Waals surface area contributed by atoms with Crippen LogP contribution >= 0.6 is 0 Å². The Kier molecular flexibility index (Phi) is 9.71. The van der Waals surface area contributed by atoms with Gasteiger partial charge in [0.15, 0.2) is 0 Å². The van der Waals surface area contributed by atoms with Gasteiger partial charge in [0.2, 0.25) is 0 Å². The fourth-order valence-corrected chi connectivity index (χ4v) is 4.35. The SMILES string of the molecule is CC(C)(N)C(=O)O.C[C@H](NC1CCCCC1)C(=O)O.NC1CC2CCC1(C(=O)O)C2. The molecule has 0 aromatic heterocycles. The zero-order valence-electron chi connectivity index (χ0n) is 18.4. The molecule has 2 bridgehead atoms. The number of carboxylic acids is 3. The van der Waals surface area contributed by atoms with E-state index in [2.05, 4.69) is 5.32 Å². The molecule has 30 heavy (non-hydrogen) atoms. The van der Waals surface area contributed by atoms with Gasteiger partial charge in [-0.15, -0.1) is 0 Å². The smallest absolute Gasteiger partial charge is 0.323 e. The Morgan fingerprint density at radius 1 is 1.07 bits per heavy atom. The first-order chi connectivity index (χ1) is 13.8. The van der Waals surface area contributed by atoms with Gasteiger partial charge < -0.3 is 32.1 Å². The van der Waals surface area contributed by atoms with E-state index >= 15 is 0 Å². The van der Waals surface area contributed by atoms with Gasteiger partial charge in [-0.05, 0) is 65.2 Å². The number of rotatable bonds is 5. The van der Waals surface area contributed by atoms with E-state index in [4.69, 9.17) is 26.8 Å². The summed E-state index contributed by atoms with van der Waals surface area (Å²) in [6.07, 6.45) is 9.67. The molecule has 0 aromatic rings. The summed E-state index contributed by atoms with van der Waals surface area (Å²) in [6, 6.07) is -0.0447. The minimum absolute atomic E-state index is 0.0845. The van der Waals surface area contributed by atoms with Crippen LogP contribution in [0.15, 0.2) is 0 Å². The maximum atomic E-state index is 10.9. The molecule has 0 radical (unpaired) electrons. The van der Waals surface area contributed by atoms with Gasteiger partial charge >= 0.3 is 17.9 Å². The van der Waals surface area contributed by atoms with Crippen molar-refractivity contribution in [1.29, 1.82) is 0 Å². The van der Waals surface area contributed by atoms with Crippen LogP contribution in [0.3, 0.4) is 0 Å². The molecule has 0 saturated heterocycles. The first kappa shape index (κ1) is 26.3. The van der Waals surface area contributed by atoms with Crippen LogP contribution in [0.2, 0.25) is 0 Å². The van der Waals surface area contributed by atoms with E-state index in [1.165, 1.54) is 33.1 Å². The zero-order valence-corrected chi connectivity index (χ0v) is 18.4. The second kappa shape index (κ2) is 11.1. The van der Waals surface area contributed by atoms with Gasteiger partial charge in [0.1, 0.15) is 11.6 Å². The quantitative estimate of drug-likeness (QED) is 0.380. The molecular formula is C21H39N3O6. The molecule has 9 heteroatoms. The van der Waals surface area contributed by atoms with Crippen molar-refractivity contribution in [2.24, 2.45) is 22.8 Å². The molecule has 3 unspecified atom stereocenters. The molecular weight excluding hydrogens is 390 g/mol. The summed E-state index contributed by atoms with van der Waals surface area (Å²) in [7, 11) is 0. The van der Waals surface area contributed by atoms with Gasteiger partial charge in [-0.1, -0.05) is 19.3 Å². The van der Waals surface area contributed by atoms with Crippen LogP contribution in [-0.2, 0) is 14.4 Å². The Labute approximate surface area is 178 Å². The molecule has 8 N–H and O–H groups in total. The molecule has 4 atom stereocenters. The maximum absolute atomic E-state index is 10.9. The second-order valence-corrected chi connectivity index (χ2v) is 9.50. The van der Waals surface area contributed by atoms with E-state index in [1.807, 2.05) is 0 Å². The Morgan fingerprint density at radius 3 is 1.90 bits per heavy atom. The molecule has 0 aliphatic heterocycles. The van der Waals surface area contributed by atoms with Crippen LogP contribution in [0.4, 0.5) is 0 Å². The van der Waals surface area contributed by atoms with Crippen LogP contribution in [0.25, 0.3) is 0 Å². The second-order valence-electron chi connectivity index (χ2n) is 9.50. The molecule has 3 rings (SSSR count). The number of nitrogens with one attached hydrogen (secondary N) is 1. The minimum Gasteiger partial charge on any atom is -0.481 e. The summed E-state index contributed by atoms with van der Waals surface area (Å²) < 4.78 is 0. The van der Waals surface area contributed by atoms with E-state index in [0.29, 0.717) is 12.0 Å². The fourth-order valence-electron chi connectivity index (χ4n) is 4.35. The first-order valence-electron chi connectivity index (χ1n) is 10.8. The normalized spacial score (nSPS) is 29.1. The van der Waals surface area contributed by atoms with E-state index < -0.39 is 34.9 Å². The van der Waals surface area contributed by atoms with E-state index in [-0.39, 0.29) is 6.04 Å². The topological polar surface area (TPSA) is 176 Å². The highest BCUT2D eigenvalue weighted by Gasteiger charge is 2.55. The average Bonchev–Trinajstić information content (AvgIpc) is 3.21. The summed E-state index contributed by atoms with van der Waals surface area (Å²) >= 11 is 0. The summed E-state index contributed by atoms with van der Waals surface area (Å²) in [4.78, 5) is 31.3. The van der Waals surface area contributed by atoms with Gasteiger partial charge in [0.05, 0.1) is 5.41 Å². The largest absolute Gasteiger partial charge is 0.481 e. The predicted octanol–water partition coefficient (Wildman–Crippen LogP) is 1.78. The van der Waals surface area contributed by atoms with Crippen molar-refractivity contribution >= 4 is 17.9 Å². The van der Waals surface area contributed by atoms with Crippen molar-refractivity contribution in [2.45, 2.75) is 102 Å². The molecule has 0 amide bonds. The van der Waals surface area contributed by atoms with Crippen LogP contribution in [0.1, 0.15) is 78.6 Å². The predicted molar refractivity (Wildman–Crippen MR) is 113 cm³/mol. The lowest BCUT2D eigenvalue weighted by Crippen LogP contribution is -2.43. The average molecular weight is 430 g/mol. The van der Waals surface area contributed by atoms with Gasteiger partial charge in [0.25, 0.3) is 0 Å².